The highest BCUT2D eigenvalue weighted by Crippen LogP contribution is 2.28. The van der Waals surface area contributed by atoms with Gasteiger partial charge in [-0.25, -0.2) is 0 Å². The Hall–Kier alpha value is -0.940. The number of aromatic nitrogens is 3. The van der Waals surface area contributed by atoms with E-state index in [1.54, 1.807) is 0 Å². The van der Waals surface area contributed by atoms with Gasteiger partial charge < -0.3 is 14.6 Å². The molecule has 1 fully saturated rings. The smallest absolute Gasteiger partial charge is 0.137 e. The molecule has 5 nitrogen and oxygen atoms in total. The molecule has 17 heavy (non-hydrogen) atoms. The fourth-order valence-corrected chi connectivity index (χ4v) is 3.01. The summed E-state index contributed by atoms with van der Waals surface area (Å²) in [7, 11) is 2.16. The van der Waals surface area contributed by atoms with Crippen molar-refractivity contribution in [1.82, 2.24) is 19.7 Å². The van der Waals surface area contributed by atoms with E-state index in [0.29, 0.717) is 11.8 Å². The number of nitrogens with zero attached hydrogens (tertiary/aromatic N) is 4. The third kappa shape index (κ3) is 1.98. The van der Waals surface area contributed by atoms with Gasteiger partial charge >= 0.3 is 0 Å². The summed E-state index contributed by atoms with van der Waals surface area (Å²) in [5.74, 6) is 3.16. The van der Waals surface area contributed by atoms with Crippen LogP contribution in [0.1, 0.15) is 30.4 Å². The maximum absolute atomic E-state index is 9.29. The Morgan fingerprint density at radius 2 is 2.18 bits per heavy atom. The highest BCUT2D eigenvalue weighted by molar-refractivity contribution is 5.07. The molecule has 2 unspecified atom stereocenters. The highest BCUT2D eigenvalue weighted by Gasteiger charge is 2.29. The molecule has 1 saturated heterocycles. The molecule has 0 saturated carbocycles. The van der Waals surface area contributed by atoms with Crippen LogP contribution in [0.25, 0.3) is 0 Å². The van der Waals surface area contributed by atoms with Crippen molar-refractivity contribution in [3.8, 4) is 0 Å². The Kier molecular flexibility index (Phi) is 2.88. The van der Waals surface area contributed by atoms with Gasteiger partial charge in [0.15, 0.2) is 0 Å². The minimum Gasteiger partial charge on any atom is -0.396 e. The zero-order valence-electron chi connectivity index (χ0n) is 10.3. The van der Waals surface area contributed by atoms with Crippen molar-refractivity contribution >= 4 is 0 Å². The second-order valence-corrected chi connectivity index (χ2v) is 5.42. The highest BCUT2D eigenvalue weighted by atomic mass is 16.3. The number of aliphatic hydroxyl groups excluding tert-OH is 1. The van der Waals surface area contributed by atoms with Gasteiger partial charge in [0.05, 0.1) is 0 Å². The van der Waals surface area contributed by atoms with E-state index < -0.39 is 0 Å². The van der Waals surface area contributed by atoms with E-state index in [9.17, 15) is 5.11 Å². The quantitative estimate of drug-likeness (QED) is 0.800. The Bertz CT molecular complexity index is 403. The summed E-state index contributed by atoms with van der Waals surface area (Å²) in [5, 5.41) is 18.0. The predicted molar refractivity (Wildman–Crippen MR) is 63.8 cm³/mol. The van der Waals surface area contributed by atoms with Crippen molar-refractivity contribution in [2.75, 3.05) is 26.7 Å². The molecule has 2 aliphatic rings. The lowest BCUT2D eigenvalue weighted by Crippen LogP contribution is -2.25. The van der Waals surface area contributed by atoms with E-state index in [1.807, 2.05) is 0 Å². The van der Waals surface area contributed by atoms with E-state index in [1.165, 1.54) is 6.42 Å². The van der Waals surface area contributed by atoms with Crippen molar-refractivity contribution in [1.29, 1.82) is 0 Å². The number of likely N-dealkylation sites (tertiary alicyclic amines) is 1. The minimum atomic E-state index is 0.279. The van der Waals surface area contributed by atoms with Gasteiger partial charge in [-0.15, -0.1) is 10.2 Å². The molecule has 5 heteroatoms. The molecule has 2 atom stereocenters. The van der Waals surface area contributed by atoms with Crippen LogP contribution in [-0.2, 0) is 13.0 Å². The van der Waals surface area contributed by atoms with Crippen molar-refractivity contribution in [3.05, 3.63) is 11.6 Å². The van der Waals surface area contributed by atoms with Crippen LogP contribution in [0.15, 0.2) is 0 Å². The molecule has 1 aromatic rings. The third-order valence-electron chi connectivity index (χ3n) is 4.09. The van der Waals surface area contributed by atoms with E-state index >= 15 is 0 Å². The average molecular weight is 236 g/mol. The molecule has 1 N–H and O–H groups in total. The molecular weight excluding hydrogens is 216 g/mol. The zero-order chi connectivity index (χ0) is 11.8. The van der Waals surface area contributed by atoms with Crippen LogP contribution in [-0.4, -0.2) is 51.5 Å². The first-order valence-corrected chi connectivity index (χ1v) is 6.49. The second-order valence-electron chi connectivity index (χ2n) is 5.42. The second kappa shape index (κ2) is 4.38. The van der Waals surface area contributed by atoms with Crippen LogP contribution in [0.5, 0.6) is 0 Å². The minimum absolute atomic E-state index is 0.279. The Labute approximate surface area is 101 Å². The van der Waals surface area contributed by atoms with Crippen LogP contribution in [0.3, 0.4) is 0 Å². The summed E-state index contributed by atoms with van der Waals surface area (Å²) in [5.41, 5.74) is 0. The molecule has 0 aliphatic carbocycles. The molecule has 3 heterocycles. The standard InChI is InChI=1S/C12H20N4O/c1-15-5-4-10(7-15)12-14-13-11-3-2-9(8-17)6-16(11)12/h9-10,17H,2-8H2,1H3. The van der Waals surface area contributed by atoms with E-state index in [0.717, 1.165) is 44.1 Å². The van der Waals surface area contributed by atoms with Crippen LogP contribution in [0, 0.1) is 5.92 Å². The lowest BCUT2D eigenvalue weighted by Gasteiger charge is -2.23. The molecular formula is C12H20N4O. The van der Waals surface area contributed by atoms with E-state index in [-0.39, 0.29) is 6.61 Å². The van der Waals surface area contributed by atoms with Crippen LogP contribution >= 0.6 is 0 Å². The molecule has 0 bridgehead atoms. The summed E-state index contributed by atoms with van der Waals surface area (Å²) in [6.07, 6.45) is 3.18. The van der Waals surface area contributed by atoms with E-state index in [4.69, 9.17) is 0 Å². The van der Waals surface area contributed by atoms with Gasteiger partial charge in [-0.1, -0.05) is 0 Å². The van der Waals surface area contributed by atoms with Crippen molar-refractivity contribution in [2.45, 2.75) is 31.7 Å². The molecule has 1 aromatic heterocycles. The lowest BCUT2D eigenvalue weighted by atomic mass is 9.99. The summed E-state index contributed by atoms with van der Waals surface area (Å²) >= 11 is 0. The number of fused-ring (bicyclic) bond motifs is 1. The maximum Gasteiger partial charge on any atom is 0.137 e. The largest absolute Gasteiger partial charge is 0.396 e. The molecule has 0 radical (unpaired) electrons. The fraction of sp³-hybridized carbons (Fsp3) is 0.833. The number of aryl methyl sites for hydroxylation is 1. The molecule has 0 spiro atoms. The normalized spacial score (nSPS) is 29.5. The Morgan fingerprint density at radius 3 is 2.88 bits per heavy atom. The molecule has 2 aliphatic heterocycles. The number of likely N-dealkylation sites (N-methyl/N-ethyl adjacent to an activating group) is 1. The van der Waals surface area contributed by atoms with Gasteiger partial charge in [0.25, 0.3) is 0 Å². The first-order valence-electron chi connectivity index (χ1n) is 6.49. The number of hydrogen-bond donors (Lipinski definition) is 1. The summed E-state index contributed by atoms with van der Waals surface area (Å²) in [4.78, 5) is 2.35. The Balaban J connectivity index is 1.84. The maximum atomic E-state index is 9.29. The van der Waals surface area contributed by atoms with E-state index in [2.05, 4.69) is 26.7 Å². The van der Waals surface area contributed by atoms with Gasteiger partial charge in [0.2, 0.25) is 0 Å². The summed E-state index contributed by atoms with van der Waals surface area (Å²) < 4.78 is 2.26. The molecule has 94 valence electrons. The average Bonchev–Trinajstić information content (AvgIpc) is 2.93. The number of hydrogen-bond acceptors (Lipinski definition) is 4. The first-order chi connectivity index (χ1) is 8.28. The SMILES string of the molecule is CN1CCC(c2nnc3n2CC(CO)CC3)C1. The summed E-state index contributed by atoms with van der Waals surface area (Å²) in [6, 6.07) is 0. The fourth-order valence-electron chi connectivity index (χ4n) is 3.01. The predicted octanol–water partition coefficient (Wildman–Crippen LogP) is 0.252. The van der Waals surface area contributed by atoms with Gasteiger partial charge in [-0.2, -0.15) is 0 Å². The van der Waals surface area contributed by atoms with Crippen LogP contribution in [0.2, 0.25) is 0 Å². The van der Waals surface area contributed by atoms with Crippen LogP contribution < -0.4 is 0 Å². The molecule has 0 aromatic carbocycles. The Morgan fingerprint density at radius 1 is 1.29 bits per heavy atom. The monoisotopic (exact) mass is 236 g/mol. The van der Waals surface area contributed by atoms with Gasteiger partial charge in [0.1, 0.15) is 11.6 Å². The van der Waals surface area contributed by atoms with Crippen molar-refractivity contribution in [2.24, 2.45) is 5.92 Å². The van der Waals surface area contributed by atoms with Crippen LogP contribution in [0.4, 0.5) is 0 Å². The first kappa shape index (κ1) is 11.2. The van der Waals surface area contributed by atoms with Gasteiger partial charge in [-0.05, 0) is 26.4 Å². The van der Waals surface area contributed by atoms with Gasteiger partial charge in [0, 0.05) is 38.0 Å². The lowest BCUT2D eigenvalue weighted by molar-refractivity contribution is 0.189. The number of rotatable bonds is 2. The topological polar surface area (TPSA) is 54.2 Å². The van der Waals surface area contributed by atoms with Gasteiger partial charge in [-0.3, -0.25) is 0 Å². The zero-order valence-corrected chi connectivity index (χ0v) is 10.3. The third-order valence-corrected chi connectivity index (χ3v) is 4.09. The molecule has 0 amide bonds. The van der Waals surface area contributed by atoms with Crippen molar-refractivity contribution in [3.63, 3.8) is 0 Å². The van der Waals surface area contributed by atoms with Crippen molar-refractivity contribution < 1.29 is 5.11 Å². The summed E-state index contributed by atoms with van der Waals surface area (Å²) in [6.45, 7) is 3.41. The number of aliphatic hydroxyl groups is 1. The molecule has 3 rings (SSSR count).